The Hall–Kier alpha value is -1.74. The van der Waals surface area contributed by atoms with Crippen molar-refractivity contribution >= 4 is 22.5 Å². The Kier molecular flexibility index (Phi) is 4.05. The summed E-state index contributed by atoms with van der Waals surface area (Å²) >= 11 is 5.53. The number of nitrogens with one attached hydrogen (secondary N) is 1. The lowest BCUT2D eigenvalue weighted by molar-refractivity contribution is 0.367. The predicted octanol–water partition coefficient (Wildman–Crippen LogP) is 3.01. The summed E-state index contributed by atoms with van der Waals surface area (Å²) in [6.07, 6.45) is 3.70. The second kappa shape index (κ2) is 5.74. The topological polar surface area (TPSA) is 42.1 Å². The van der Waals surface area contributed by atoms with Crippen LogP contribution in [0, 0.1) is 6.92 Å². The molecule has 0 atom stereocenters. The maximum atomic E-state index is 11.3. The van der Waals surface area contributed by atoms with Crippen LogP contribution in [0.5, 0.6) is 5.75 Å². The van der Waals surface area contributed by atoms with Crippen LogP contribution in [0.25, 0.3) is 10.9 Å². The Balaban J connectivity index is 2.37. The number of aromatic amines is 1. The minimum atomic E-state index is -0.107. The van der Waals surface area contributed by atoms with Crippen molar-refractivity contribution in [1.29, 1.82) is 0 Å². The van der Waals surface area contributed by atoms with E-state index in [1.807, 2.05) is 31.2 Å². The van der Waals surface area contributed by atoms with Crippen molar-refractivity contribution in [2.75, 3.05) is 12.5 Å². The van der Waals surface area contributed by atoms with E-state index in [-0.39, 0.29) is 5.56 Å². The molecule has 0 fully saturated rings. The first-order valence-corrected chi connectivity index (χ1v) is 6.22. The van der Waals surface area contributed by atoms with Gasteiger partial charge in [0, 0.05) is 17.3 Å². The summed E-state index contributed by atoms with van der Waals surface area (Å²) in [7, 11) is 0. The number of pyridine rings is 1. The van der Waals surface area contributed by atoms with Gasteiger partial charge in [-0.15, -0.1) is 11.6 Å². The third kappa shape index (κ3) is 2.74. The number of aromatic nitrogens is 1. The number of alkyl halides is 1. The molecule has 1 heterocycles. The summed E-state index contributed by atoms with van der Waals surface area (Å²) in [6, 6.07) is 7.12. The minimum Gasteiger partial charge on any atom is -0.489 e. The second-order valence-electron chi connectivity index (χ2n) is 3.93. The first-order valence-electron chi connectivity index (χ1n) is 5.69. The van der Waals surface area contributed by atoms with E-state index in [0.29, 0.717) is 12.5 Å². The summed E-state index contributed by atoms with van der Waals surface area (Å²) in [5, 5.41) is 0.911. The number of aryl methyl sites for hydroxylation is 1. The molecular weight excluding hydrogens is 250 g/mol. The van der Waals surface area contributed by atoms with E-state index in [9.17, 15) is 4.79 Å². The van der Waals surface area contributed by atoms with Crippen LogP contribution in [0.2, 0.25) is 0 Å². The molecule has 0 bridgehead atoms. The number of halogens is 1. The summed E-state index contributed by atoms with van der Waals surface area (Å²) < 4.78 is 5.65. The second-order valence-corrected chi connectivity index (χ2v) is 4.24. The fourth-order valence-corrected chi connectivity index (χ4v) is 1.89. The molecule has 0 aliphatic carbocycles. The molecule has 0 saturated heterocycles. The lowest BCUT2D eigenvalue weighted by Crippen LogP contribution is -2.04. The van der Waals surface area contributed by atoms with Gasteiger partial charge in [-0.05, 0) is 24.6 Å². The lowest BCUT2D eigenvalue weighted by Gasteiger charge is -2.09. The van der Waals surface area contributed by atoms with E-state index in [4.69, 9.17) is 16.3 Å². The minimum absolute atomic E-state index is 0.107. The van der Waals surface area contributed by atoms with Crippen LogP contribution in [-0.2, 0) is 0 Å². The fraction of sp³-hybridized carbons (Fsp3) is 0.214. The first-order chi connectivity index (χ1) is 8.72. The molecule has 0 aliphatic heterocycles. The summed E-state index contributed by atoms with van der Waals surface area (Å²) in [6.45, 7) is 2.42. The zero-order chi connectivity index (χ0) is 13.0. The molecule has 18 heavy (non-hydrogen) atoms. The van der Waals surface area contributed by atoms with E-state index >= 15 is 0 Å². The Morgan fingerprint density at radius 1 is 1.28 bits per heavy atom. The van der Waals surface area contributed by atoms with Crippen molar-refractivity contribution < 1.29 is 4.74 Å². The number of ether oxygens (including phenoxy) is 1. The van der Waals surface area contributed by atoms with Crippen LogP contribution < -0.4 is 10.3 Å². The normalized spacial score (nSPS) is 11.2. The number of hydrogen-bond donors (Lipinski definition) is 1. The van der Waals surface area contributed by atoms with Crippen LogP contribution in [0.1, 0.15) is 5.56 Å². The summed E-state index contributed by atoms with van der Waals surface area (Å²) in [4.78, 5) is 14.1. The number of fused-ring (bicyclic) bond motifs is 1. The van der Waals surface area contributed by atoms with Crippen molar-refractivity contribution in [3.8, 4) is 5.75 Å². The number of rotatable bonds is 4. The maximum absolute atomic E-state index is 11.3. The Labute approximate surface area is 110 Å². The van der Waals surface area contributed by atoms with Gasteiger partial charge in [-0.25, -0.2) is 0 Å². The van der Waals surface area contributed by atoms with Gasteiger partial charge in [-0.3, -0.25) is 4.79 Å². The third-order valence-corrected chi connectivity index (χ3v) is 2.83. The standard InChI is InChI=1S/C14H14ClNO2/c1-10-4-6-12(18-9-3-2-8-15)11-5-7-13(17)16-14(10)11/h2-7H,8-9H2,1H3,(H,16,17)/b3-2+. The number of hydrogen-bond acceptors (Lipinski definition) is 2. The predicted molar refractivity (Wildman–Crippen MR) is 74.7 cm³/mol. The van der Waals surface area contributed by atoms with Crippen molar-refractivity contribution in [3.63, 3.8) is 0 Å². The number of H-pyrrole nitrogens is 1. The molecule has 1 N–H and O–H groups in total. The average Bonchev–Trinajstić information content (AvgIpc) is 2.37. The smallest absolute Gasteiger partial charge is 0.248 e. The van der Waals surface area contributed by atoms with E-state index in [1.54, 1.807) is 6.07 Å². The highest BCUT2D eigenvalue weighted by atomic mass is 35.5. The van der Waals surface area contributed by atoms with E-state index in [0.717, 1.165) is 22.2 Å². The van der Waals surface area contributed by atoms with Crippen molar-refractivity contribution in [1.82, 2.24) is 4.98 Å². The largest absolute Gasteiger partial charge is 0.489 e. The number of benzene rings is 1. The van der Waals surface area contributed by atoms with Gasteiger partial charge < -0.3 is 9.72 Å². The zero-order valence-electron chi connectivity index (χ0n) is 10.1. The molecule has 1 aromatic heterocycles. The van der Waals surface area contributed by atoms with Crippen molar-refractivity contribution in [2.45, 2.75) is 6.92 Å². The average molecular weight is 264 g/mol. The van der Waals surface area contributed by atoms with E-state index in [1.165, 1.54) is 6.07 Å². The van der Waals surface area contributed by atoms with Crippen LogP contribution in [0.3, 0.4) is 0 Å². The van der Waals surface area contributed by atoms with Gasteiger partial charge in [0.25, 0.3) is 0 Å². The van der Waals surface area contributed by atoms with Crippen LogP contribution in [0.4, 0.5) is 0 Å². The maximum Gasteiger partial charge on any atom is 0.248 e. The Morgan fingerprint density at radius 3 is 2.89 bits per heavy atom. The van der Waals surface area contributed by atoms with Crippen molar-refractivity contribution in [2.24, 2.45) is 0 Å². The molecule has 4 heteroatoms. The van der Waals surface area contributed by atoms with Crippen LogP contribution in [0.15, 0.2) is 41.2 Å². The fourth-order valence-electron chi connectivity index (χ4n) is 1.76. The molecule has 2 rings (SSSR count). The SMILES string of the molecule is Cc1ccc(OC/C=C/CCl)c2ccc(=O)[nH]c12. The third-order valence-electron chi connectivity index (χ3n) is 2.65. The molecule has 2 aromatic rings. The molecule has 94 valence electrons. The molecule has 1 aromatic carbocycles. The van der Waals surface area contributed by atoms with Gasteiger partial charge >= 0.3 is 0 Å². The molecule has 0 spiro atoms. The molecular formula is C14H14ClNO2. The van der Waals surface area contributed by atoms with Gasteiger partial charge in [0.2, 0.25) is 5.56 Å². The Morgan fingerprint density at radius 2 is 2.11 bits per heavy atom. The quantitative estimate of drug-likeness (QED) is 0.681. The highest BCUT2D eigenvalue weighted by Crippen LogP contribution is 2.25. The highest BCUT2D eigenvalue weighted by Gasteiger charge is 2.04. The van der Waals surface area contributed by atoms with E-state index < -0.39 is 0 Å². The van der Waals surface area contributed by atoms with Crippen LogP contribution in [-0.4, -0.2) is 17.5 Å². The summed E-state index contributed by atoms with van der Waals surface area (Å²) in [5.41, 5.74) is 1.73. The lowest BCUT2D eigenvalue weighted by atomic mass is 10.1. The Bertz CT molecular complexity index is 631. The van der Waals surface area contributed by atoms with Gasteiger partial charge in [0.05, 0.1) is 5.52 Å². The first kappa shape index (κ1) is 12.7. The molecule has 0 unspecified atom stereocenters. The molecule has 3 nitrogen and oxygen atoms in total. The monoisotopic (exact) mass is 263 g/mol. The summed E-state index contributed by atoms with van der Waals surface area (Å²) in [5.74, 6) is 1.23. The molecule has 0 amide bonds. The number of allylic oxidation sites excluding steroid dienone is 1. The highest BCUT2D eigenvalue weighted by molar-refractivity contribution is 6.18. The van der Waals surface area contributed by atoms with Crippen LogP contribution >= 0.6 is 11.6 Å². The van der Waals surface area contributed by atoms with Gasteiger partial charge in [-0.2, -0.15) is 0 Å². The van der Waals surface area contributed by atoms with E-state index in [2.05, 4.69) is 4.98 Å². The molecule has 0 saturated carbocycles. The molecule has 0 radical (unpaired) electrons. The zero-order valence-corrected chi connectivity index (χ0v) is 10.8. The van der Waals surface area contributed by atoms with Gasteiger partial charge in [0.1, 0.15) is 12.4 Å². The van der Waals surface area contributed by atoms with Crippen molar-refractivity contribution in [3.05, 3.63) is 52.3 Å². The van der Waals surface area contributed by atoms with Gasteiger partial charge in [-0.1, -0.05) is 18.2 Å². The van der Waals surface area contributed by atoms with Gasteiger partial charge in [0.15, 0.2) is 0 Å². The molecule has 0 aliphatic rings.